The van der Waals surface area contributed by atoms with Crippen molar-refractivity contribution in [2.45, 2.75) is 0 Å². The number of ether oxygens (including phenoxy) is 2. The van der Waals surface area contributed by atoms with Gasteiger partial charge in [-0.3, -0.25) is 9.59 Å². The van der Waals surface area contributed by atoms with Crippen molar-refractivity contribution < 1.29 is 23.1 Å². The number of halogens is 1. The molecule has 6 aromatic rings. The van der Waals surface area contributed by atoms with Gasteiger partial charge in [-0.2, -0.15) is 9.78 Å². The Kier molecular flexibility index (Phi) is 7.98. The first kappa shape index (κ1) is 29.1. The summed E-state index contributed by atoms with van der Waals surface area (Å²) in [4.78, 5) is 33.0. The fourth-order valence-corrected chi connectivity index (χ4v) is 4.77. The van der Waals surface area contributed by atoms with Crippen LogP contribution in [-0.2, 0) is 4.79 Å². The molecule has 10 nitrogen and oxygen atoms in total. The monoisotopic (exact) mass is 605 g/mol. The summed E-state index contributed by atoms with van der Waals surface area (Å²) in [5.41, 5.74) is 2.27. The number of methoxy groups -OCH3 is 1. The summed E-state index contributed by atoms with van der Waals surface area (Å²) in [5.74, 6) is 0.529. The first-order chi connectivity index (χ1) is 21.8. The predicted molar refractivity (Wildman–Crippen MR) is 172 cm³/mol. The molecule has 0 radical (unpaired) electrons. The topological polar surface area (TPSA) is 111 Å². The summed E-state index contributed by atoms with van der Waals surface area (Å²) in [5, 5.41) is 8.26. The fraction of sp³-hybridized carbons (Fsp3) is 0.118. The number of fused-ring (bicyclic) bond motifs is 2. The van der Waals surface area contributed by atoms with E-state index >= 15 is 0 Å². The van der Waals surface area contributed by atoms with Crippen LogP contribution in [0.3, 0.4) is 0 Å². The molecule has 0 atom stereocenters. The molecule has 0 fully saturated rings. The Morgan fingerprint density at radius 2 is 1.82 bits per heavy atom. The van der Waals surface area contributed by atoms with Crippen LogP contribution < -0.4 is 25.2 Å². The van der Waals surface area contributed by atoms with Crippen LogP contribution >= 0.6 is 0 Å². The van der Waals surface area contributed by atoms with Crippen molar-refractivity contribution >= 4 is 45.4 Å². The van der Waals surface area contributed by atoms with Crippen molar-refractivity contribution in [3.05, 3.63) is 113 Å². The minimum atomic E-state index is -0.476. The van der Waals surface area contributed by atoms with E-state index in [9.17, 15) is 14.0 Å². The number of anilines is 2. The van der Waals surface area contributed by atoms with E-state index in [0.29, 0.717) is 45.0 Å². The van der Waals surface area contributed by atoms with Gasteiger partial charge in [0.2, 0.25) is 5.82 Å². The lowest BCUT2D eigenvalue weighted by Crippen LogP contribution is -2.21. The third-order valence-electron chi connectivity index (χ3n) is 7.01. The van der Waals surface area contributed by atoms with E-state index in [1.54, 1.807) is 61.7 Å². The van der Waals surface area contributed by atoms with Gasteiger partial charge in [-0.25, -0.2) is 9.37 Å². The van der Waals surface area contributed by atoms with Gasteiger partial charge in [-0.1, -0.05) is 24.3 Å². The van der Waals surface area contributed by atoms with Crippen molar-refractivity contribution in [1.29, 1.82) is 0 Å². The first-order valence-electron chi connectivity index (χ1n) is 13.9. The van der Waals surface area contributed by atoms with Gasteiger partial charge in [0.15, 0.2) is 12.4 Å². The molecular weight excluding hydrogens is 577 g/mol. The molecule has 45 heavy (non-hydrogen) atoms. The van der Waals surface area contributed by atoms with Crippen molar-refractivity contribution in [2.75, 3.05) is 38.0 Å². The summed E-state index contributed by atoms with van der Waals surface area (Å²) >= 11 is 0. The molecule has 0 aliphatic carbocycles. The third-order valence-corrected chi connectivity index (χ3v) is 7.01. The standard InChI is InChI=1S/C34H28FN5O5/c1-39(2)24-15-14-21(30(17-24)44-20-32(41)37-23-9-6-8-22(35)16-23)19-36-40-33(38-27-11-5-4-10-25(27)34(40)42)31-18-26-28(43-3)12-7-13-29(26)45-31/h4-19H,20H2,1-3H3,(H,37,41). The molecule has 0 spiro atoms. The third kappa shape index (κ3) is 6.09. The number of carbonyl (C=O) groups excluding carboxylic acids is 1. The molecule has 1 amide bonds. The lowest BCUT2D eigenvalue weighted by atomic mass is 10.2. The molecule has 0 saturated heterocycles. The lowest BCUT2D eigenvalue weighted by molar-refractivity contribution is -0.118. The minimum absolute atomic E-state index is 0.190. The van der Waals surface area contributed by atoms with Gasteiger partial charge in [0.1, 0.15) is 22.9 Å². The number of rotatable bonds is 9. The number of nitrogens with one attached hydrogen (secondary N) is 1. The van der Waals surface area contributed by atoms with Gasteiger partial charge in [0, 0.05) is 37.1 Å². The maximum atomic E-state index is 13.7. The quantitative estimate of drug-likeness (QED) is 0.204. The second-order valence-corrected chi connectivity index (χ2v) is 10.3. The van der Waals surface area contributed by atoms with Crippen molar-refractivity contribution in [1.82, 2.24) is 9.66 Å². The van der Waals surface area contributed by atoms with Gasteiger partial charge in [-0.05, 0) is 60.7 Å². The fourth-order valence-electron chi connectivity index (χ4n) is 4.77. The molecule has 6 rings (SSSR count). The summed E-state index contributed by atoms with van der Waals surface area (Å²) in [6.07, 6.45) is 1.46. The van der Waals surface area contributed by atoms with Gasteiger partial charge in [-0.15, -0.1) is 0 Å². The number of hydrogen-bond acceptors (Lipinski definition) is 8. The van der Waals surface area contributed by atoms with Crippen LogP contribution in [0.15, 0.2) is 105 Å². The van der Waals surface area contributed by atoms with Gasteiger partial charge in [0.05, 0.1) is 29.6 Å². The predicted octanol–water partition coefficient (Wildman–Crippen LogP) is 5.92. The van der Waals surface area contributed by atoms with Crippen LogP contribution in [-0.4, -0.2) is 49.6 Å². The maximum Gasteiger partial charge on any atom is 0.282 e. The Morgan fingerprint density at radius 3 is 2.62 bits per heavy atom. The Morgan fingerprint density at radius 1 is 1.00 bits per heavy atom. The van der Waals surface area contributed by atoms with Crippen LogP contribution in [0.2, 0.25) is 0 Å². The maximum absolute atomic E-state index is 13.7. The van der Waals surface area contributed by atoms with Crippen LogP contribution in [0.5, 0.6) is 11.5 Å². The molecule has 0 unspecified atom stereocenters. The Bertz CT molecular complexity index is 2140. The summed E-state index contributed by atoms with van der Waals surface area (Å²) < 4.78 is 32.2. The molecule has 0 aliphatic rings. The van der Waals surface area contributed by atoms with E-state index in [0.717, 1.165) is 11.1 Å². The lowest BCUT2D eigenvalue weighted by Gasteiger charge is -2.16. The highest BCUT2D eigenvalue weighted by molar-refractivity contribution is 5.92. The largest absolute Gasteiger partial charge is 0.496 e. The van der Waals surface area contributed by atoms with Gasteiger partial charge >= 0.3 is 0 Å². The number of furan rings is 1. The van der Waals surface area contributed by atoms with Crippen LogP contribution in [0, 0.1) is 5.82 Å². The Labute approximate surface area is 256 Å². The Hall–Kier alpha value is -5.97. The summed E-state index contributed by atoms with van der Waals surface area (Å²) in [7, 11) is 5.32. The van der Waals surface area contributed by atoms with Gasteiger partial charge in [0.25, 0.3) is 11.5 Å². The number of para-hydroxylation sites is 1. The molecule has 4 aromatic carbocycles. The number of hydrogen-bond donors (Lipinski definition) is 1. The van der Waals surface area contributed by atoms with Crippen LogP contribution in [0.4, 0.5) is 15.8 Å². The number of aromatic nitrogens is 2. The number of amides is 1. The highest BCUT2D eigenvalue weighted by atomic mass is 19.1. The summed E-state index contributed by atoms with van der Waals surface area (Å²) in [6.45, 7) is -0.349. The highest BCUT2D eigenvalue weighted by Gasteiger charge is 2.18. The minimum Gasteiger partial charge on any atom is -0.496 e. The summed E-state index contributed by atoms with van der Waals surface area (Å²) in [6, 6.07) is 25.1. The van der Waals surface area contributed by atoms with Crippen LogP contribution in [0.25, 0.3) is 33.5 Å². The normalized spacial score (nSPS) is 11.3. The average Bonchev–Trinajstić information content (AvgIpc) is 3.48. The number of nitrogens with zero attached hydrogens (tertiary/aromatic N) is 4. The van der Waals surface area contributed by atoms with E-state index in [-0.39, 0.29) is 12.4 Å². The van der Waals surface area contributed by atoms with E-state index in [2.05, 4.69) is 10.4 Å². The molecule has 226 valence electrons. The average molecular weight is 606 g/mol. The molecule has 1 N–H and O–H groups in total. The Balaban J connectivity index is 1.39. The number of carbonyl (C=O) groups is 1. The van der Waals surface area contributed by atoms with Crippen molar-refractivity contribution in [3.63, 3.8) is 0 Å². The SMILES string of the molecule is COc1cccc2oc(-c3nc4ccccc4c(=O)n3N=Cc3ccc(N(C)C)cc3OCC(=O)Nc3cccc(F)c3)cc12. The zero-order chi connectivity index (χ0) is 31.5. The molecule has 2 heterocycles. The van der Waals surface area contributed by atoms with Crippen LogP contribution in [0.1, 0.15) is 5.56 Å². The molecule has 0 saturated carbocycles. The molecule has 0 bridgehead atoms. The zero-order valence-corrected chi connectivity index (χ0v) is 24.7. The molecule has 2 aromatic heterocycles. The van der Waals surface area contributed by atoms with E-state index in [1.807, 2.05) is 37.2 Å². The van der Waals surface area contributed by atoms with E-state index in [1.165, 1.54) is 29.1 Å². The molecular formula is C34H28FN5O5. The van der Waals surface area contributed by atoms with E-state index < -0.39 is 17.3 Å². The smallest absolute Gasteiger partial charge is 0.282 e. The van der Waals surface area contributed by atoms with Gasteiger partial charge < -0.3 is 24.1 Å². The molecule has 11 heteroatoms. The van der Waals surface area contributed by atoms with E-state index in [4.69, 9.17) is 18.9 Å². The number of benzene rings is 4. The van der Waals surface area contributed by atoms with Crippen molar-refractivity contribution in [3.8, 4) is 23.1 Å². The van der Waals surface area contributed by atoms with Crippen molar-refractivity contribution in [2.24, 2.45) is 5.10 Å². The second-order valence-electron chi connectivity index (χ2n) is 10.3. The first-order valence-corrected chi connectivity index (χ1v) is 13.9. The highest BCUT2D eigenvalue weighted by Crippen LogP contribution is 2.33. The molecule has 0 aliphatic heterocycles. The zero-order valence-electron chi connectivity index (χ0n) is 24.7. The second kappa shape index (κ2) is 12.3.